The summed E-state index contributed by atoms with van der Waals surface area (Å²) in [6.45, 7) is 1.98. The smallest absolute Gasteiger partial charge is 0.265 e. The molecule has 0 bridgehead atoms. The van der Waals surface area contributed by atoms with E-state index in [2.05, 4.69) is 4.99 Å². The van der Waals surface area contributed by atoms with Crippen molar-refractivity contribution >= 4 is 56.4 Å². The van der Waals surface area contributed by atoms with E-state index in [1.54, 1.807) is 0 Å². The molecule has 8 heteroatoms. The Labute approximate surface area is 173 Å². The van der Waals surface area contributed by atoms with Crippen LogP contribution < -0.4 is 5.73 Å². The zero-order valence-corrected chi connectivity index (χ0v) is 17.7. The number of alkyl halides is 1. The van der Waals surface area contributed by atoms with Gasteiger partial charge in [0.15, 0.2) is 4.96 Å². The van der Waals surface area contributed by atoms with Crippen LogP contribution in [0.2, 0.25) is 0 Å². The summed E-state index contributed by atoms with van der Waals surface area (Å²) in [7, 11) is 1.93. The molecule has 0 atom stereocenters. The lowest BCUT2D eigenvalue weighted by atomic mass is 9.94. The molecular weight excluding hydrogens is 394 g/mol. The molecule has 3 aromatic rings. The zero-order valence-electron chi connectivity index (χ0n) is 16.1. The predicted octanol–water partition coefficient (Wildman–Crippen LogP) is 4.49. The van der Waals surface area contributed by atoms with Crippen LogP contribution in [-0.4, -0.2) is 45.0 Å². The van der Waals surface area contributed by atoms with Crippen LogP contribution in [0, 0.1) is 6.92 Å². The number of halogens is 1. The molecule has 1 aliphatic carbocycles. The summed E-state index contributed by atoms with van der Waals surface area (Å²) < 4.78 is 2.04. The fourth-order valence-electron chi connectivity index (χ4n) is 3.96. The monoisotopic (exact) mass is 417 g/mol. The molecule has 0 aliphatic heterocycles. The van der Waals surface area contributed by atoms with Crippen molar-refractivity contribution in [3.8, 4) is 0 Å². The topological polar surface area (TPSA) is 76.0 Å². The van der Waals surface area contributed by atoms with Crippen LogP contribution in [0.15, 0.2) is 23.2 Å². The number of nitrogens with two attached hydrogens (primary N) is 1. The number of aryl methyl sites for hydroxylation is 1. The van der Waals surface area contributed by atoms with Gasteiger partial charge in [-0.2, -0.15) is 0 Å². The first-order valence-electron chi connectivity index (χ1n) is 9.57. The molecule has 0 saturated heterocycles. The number of amidine groups is 1. The molecule has 6 nitrogen and oxygen atoms in total. The van der Waals surface area contributed by atoms with E-state index in [9.17, 15) is 4.79 Å². The average Bonchev–Trinajstić information content (AvgIpc) is 3.23. The number of rotatable bonds is 4. The lowest BCUT2D eigenvalue weighted by Crippen LogP contribution is -2.38. The molecule has 148 valence electrons. The Morgan fingerprint density at radius 2 is 2.14 bits per heavy atom. The van der Waals surface area contributed by atoms with Crippen molar-refractivity contribution in [2.75, 3.05) is 12.9 Å². The minimum absolute atomic E-state index is 0.0913. The predicted molar refractivity (Wildman–Crippen MR) is 116 cm³/mol. The summed E-state index contributed by atoms with van der Waals surface area (Å²) in [6.07, 6.45) is 5.87. The van der Waals surface area contributed by atoms with E-state index in [1.807, 2.05) is 41.5 Å². The third-order valence-electron chi connectivity index (χ3n) is 5.51. The van der Waals surface area contributed by atoms with Crippen molar-refractivity contribution in [2.45, 2.75) is 45.1 Å². The number of hydrogen-bond donors (Lipinski definition) is 1. The number of amides is 1. The number of benzene rings is 1. The fourth-order valence-corrected chi connectivity index (χ4v) is 5.14. The van der Waals surface area contributed by atoms with Gasteiger partial charge in [0.1, 0.15) is 10.7 Å². The minimum atomic E-state index is 0.0913. The molecule has 28 heavy (non-hydrogen) atoms. The Balaban J connectivity index is 1.73. The molecule has 1 aliphatic rings. The van der Waals surface area contributed by atoms with E-state index in [1.165, 1.54) is 30.6 Å². The second-order valence-corrected chi connectivity index (χ2v) is 8.61. The Hall–Kier alpha value is -2.12. The van der Waals surface area contributed by atoms with Crippen LogP contribution in [0.5, 0.6) is 0 Å². The van der Waals surface area contributed by atoms with Gasteiger partial charge in [0.05, 0.1) is 22.6 Å². The van der Waals surface area contributed by atoms with Gasteiger partial charge in [0.2, 0.25) is 0 Å². The van der Waals surface area contributed by atoms with Crippen molar-refractivity contribution in [2.24, 2.45) is 10.7 Å². The summed E-state index contributed by atoms with van der Waals surface area (Å²) in [5, 5.41) is 0. The third kappa shape index (κ3) is 3.37. The van der Waals surface area contributed by atoms with Gasteiger partial charge in [-0.05, 0) is 38.0 Å². The van der Waals surface area contributed by atoms with Crippen LogP contribution >= 0.6 is 22.9 Å². The Kier molecular flexibility index (Phi) is 5.29. The molecule has 2 N–H and O–H groups in total. The van der Waals surface area contributed by atoms with Gasteiger partial charge in [0, 0.05) is 18.8 Å². The summed E-state index contributed by atoms with van der Waals surface area (Å²) >= 11 is 7.19. The van der Waals surface area contributed by atoms with Crippen LogP contribution in [0.25, 0.3) is 16.0 Å². The summed E-state index contributed by atoms with van der Waals surface area (Å²) in [4.78, 5) is 25.7. The van der Waals surface area contributed by atoms with Crippen LogP contribution in [0.1, 0.15) is 47.5 Å². The number of thiazole rings is 1. The van der Waals surface area contributed by atoms with Crippen molar-refractivity contribution in [3.63, 3.8) is 0 Å². The number of aliphatic imine (C=N–C) groups is 1. The van der Waals surface area contributed by atoms with Crippen LogP contribution in [0.3, 0.4) is 0 Å². The highest BCUT2D eigenvalue weighted by atomic mass is 35.5. The quantitative estimate of drug-likeness (QED) is 0.386. The van der Waals surface area contributed by atoms with Gasteiger partial charge >= 0.3 is 0 Å². The molecule has 1 fully saturated rings. The van der Waals surface area contributed by atoms with Crippen molar-refractivity contribution in [3.05, 3.63) is 28.8 Å². The molecular formula is C20H24ClN5OS. The molecule has 0 spiro atoms. The molecule has 0 radical (unpaired) electrons. The van der Waals surface area contributed by atoms with Crippen molar-refractivity contribution in [1.29, 1.82) is 0 Å². The normalized spacial score (nSPS) is 16.2. The van der Waals surface area contributed by atoms with Gasteiger partial charge in [-0.3, -0.25) is 9.20 Å². The van der Waals surface area contributed by atoms with Crippen molar-refractivity contribution in [1.82, 2.24) is 14.3 Å². The fraction of sp³-hybridized carbons (Fsp3) is 0.450. The highest BCUT2D eigenvalue weighted by Crippen LogP contribution is 2.32. The Bertz CT molecular complexity index is 1060. The second-order valence-electron chi connectivity index (χ2n) is 7.36. The molecule has 2 aromatic heterocycles. The van der Waals surface area contributed by atoms with Gasteiger partial charge < -0.3 is 10.6 Å². The third-order valence-corrected chi connectivity index (χ3v) is 6.92. The maximum absolute atomic E-state index is 13.2. The van der Waals surface area contributed by atoms with Crippen LogP contribution in [0.4, 0.5) is 5.69 Å². The maximum atomic E-state index is 13.2. The molecule has 1 amide bonds. The van der Waals surface area contributed by atoms with Gasteiger partial charge in [-0.25, -0.2) is 9.98 Å². The SMILES string of the molecule is Cc1c(C(=O)N(C)C2CCCCC2)sc2nc3ccc(N=C(N)CCl)cc3n12. The highest BCUT2D eigenvalue weighted by molar-refractivity contribution is 7.19. The summed E-state index contributed by atoms with van der Waals surface area (Å²) in [5.74, 6) is 0.645. The number of nitrogens with zero attached hydrogens (tertiary/aromatic N) is 4. The van der Waals surface area contributed by atoms with Crippen molar-refractivity contribution < 1.29 is 4.79 Å². The Morgan fingerprint density at radius 1 is 1.39 bits per heavy atom. The van der Waals surface area contributed by atoms with E-state index in [0.29, 0.717) is 11.9 Å². The number of imidazole rings is 1. The largest absolute Gasteiger partial charge is 0.386 e. The highest BCUT2D eigenvalue weighted by Gasteiger charge is 2.27. The van der Waals surface area contributed by atoms with E-state index in [4.69, 9.17) is 22.3 Å². The van der Waals surface area contributed by atoms with Crippen LogP contribution in [-0.2, 0) is 0 Å². The Morgan fingerprint density at radius 3 is 2.86 bits per heavy atom. The number of carbonyl (C=O) groups excluding carboxylic acids is 1. The number of carbonyl (C=O) groups is 1. The summed E-state index contributed by atoms with van der Waals surface area (Å²) in [6, 6.07) is 6.07. The average molecular weight is 418 g/mol. The van der Waals surface area contributed by atoms with E-state index >= 15 is 0 Å². The van der Waals surface area contributed by atoms with Gasteiger partial charge in [-0.15, -0.1) is 11.6 Å². The van der Waals surface area contributed by atoms with Gasteiger partial charge in [-0.1, -0.05) is 30.6 Å². The first kappa shape index (κ1) is 19.2. The first-order chi connectivity index (χ1) is 13.5. The molecule has 2 heterocycles. The summed E-state index contributed by atoms with van der Waals surface area (Å²) in [5.41, 5.74) is 9.20. The zero-order chi connectivity index (χ0) is 19.8. The number of hydrogen-bond acceptors (Lipinski definition) is 4. The minimum Gasteiger partial charge on any atom is -0.386 e. The standard InChI is InChI=1S/C20H24ClN5OS/c1-12-18(19(27)25(2)14-6-4-3-5-7-14)28-20-24-15-9-8-13(23-17(22)11-21)10-16(15)26(12)20/h8-10,14H,3-7,11H2,1-2H3,(H2,22,23). The molecule has 0 unspecified atom stereocenters. The number of fused-ring (bicyclic) bond motifs is 3. The lowest BCUT2D eigenvalue weighted by molar-refractivity contribution is 0.0700. The molecule has 1 aromatic carbocycles. The molecule has 1 saturated carbocycles. The van der Waals surface area contributed by atoms with Gasteiger partial charge in [0.25, 0.3) is 5.91 Å². The lowest BCUT2D eigenvalue weighted by Gasteiger charge is -2.31. The second kappa shape index (κ2) is 7.72. The molecule has 4 rings (SSSR count). The maximum Gasteiger partial charge on any atom is 0.265 e. The van der Waals surface area contributed by atoms with E-state index in [-0.39, 0.29) is 11.8 Å². The van der Waals surface area contributed by atoms with E-state index in [0.717, 1.165) is 45.1 Å². The number of aromatic nitrogens is 2. The van der Waals surface area contributed by atoms with E-state index < -0.39 is 0 Å². The first-order valence-corrected chi connectivity index (χ1v) is 10.9.